The van der Waals surface area contributed by atoms with Gasteiger partial charge >= 0.3 is 0 Å². The van der Waals surface area contributed by atoms with Gasteiger partial charge in [0.25, 0.3) is 5.91 Å². The molecule has 0 spiro atoms. The first-order valence-corrected chi connectivity index (χ1v) is 8.86. The Hall–Kier alpha value is -2.41. The second-order valence-corrected chi connectivity index (χ2v) is 7.34. The Labute approximate surface area is 144 Å². The number of hydrogen-bond acceptors (Lipinski definition) is 5. The minimum atomic E-state index is 0.134. The van der Waals surface area contributed by atoms with E-state index in [0.717, 1.165) is 35.3 Å². The van der Waals surface area contributed by atoms with Gasteiger partial charge in [0, 0.05) is 36.8 Å². The van der Waals surface area contributed by atoms with Crippen LogP contribution in [0.2, 0.25) is 0 Å². The Bertz CT molecular complexity index is 891. The van der Waals surface area contributed by atoms with Crippen LogP contribution in [0.25, 0.3) is 5.65 Å². The smallest absolute Gasteiger partial charge is 0.264 e. The van der Waals surface area contributed by atoms with Crippen molar-refractivity contribution >= 4 is 28.8 Å². The molecule has 4 heterocycles. The van der Waals surface area contributed by atoms with E-state index in [1.807, 2.05) is 36.1 Å². The summed E-state index contributed by atoms with van der Waals surface area (Å²) in [7, 11) is 0. The van der Waals surface area contributed by atoms with Crippen LogP contribution >= 0.6 is 11.3 Å². The van der Waals surface area contributed by atoms with E-state index < -0.39 is 0 Å². The second-order valence-electron chi connectivity index (χ2n) is 6.05. The van der Waals surface area contributed by atoms with E-state index >= 15 is 0 Å². The van der Waals surface area contributed by atoms with Crippen LogP contribution in [0.3, 0.4) is 0 Å². The first-order valence-electron chi connectivity index (χ1n) is 8.05. The number of aryl methyl sites for hydroxylation is 2. The molecule has 1 saturated heterocycles. The fourth-order valence-corrected chi connectivity index (χ4v) is 3.94. The number of amides is 1. The number of pyridine rings is 1. The molecule has 1 fully saturated rings. The van der Waals surface area contributed by atoms with Gasteiger partial charge in [-0.25, -0.2) is 0 Å². The molecule has 0 N–H and O–H groups in total. The van der Waals surface area contributed by atoms with Gasteiger partial charge in [-0.15, -0.1) is 21.5 Å². The molecule has 0 bridgehead atoms. The predicted molar refractivity (Wildman–Crippen MR) is 94.9 cm³/mol. The maximum absolute atomic E-state index is 12.6. The van der Waals surface area contributed by atoms with E-state index in [1.54, 1.807) is 11.3 Å². The summed E-state index contributed by atoms with van der Waals surface area (Å²) < 4.78 is 2.07. The molecule has 3 aromatic rings. The summed E-state index contributed by atoms with van der Waals surface area (Å²) in [5.41, 5.74) is 1.97. The van der Waals surface area contributed by atoms with Gasteiger partial charge in [0.15, 0.2) is 5.65 Å². The lowest BCUT2D eigenvalue weighted by Gasteiger charge is -2.34. The van der Waals surface area contributed by atoms with Crippen molar-refractivity contribution in [1.29, 1.82) is 0 Å². The van der Waals surface area contributed by atoms with E-state index in [2.05, 4.69) is 32.5 Å². The zero-order valence-corrected chi connectivity index (χ0v) is 14.6. The molecule has 1 amide bonds. The van der Waals surface area contributed by atoms with E-state index in [-0.39, 0.29) is 5.91 Å². The van der Waals surface area contributed by atoms with Crippen molar-refractivity contribution in [2.45, 2.75) is 13.8 Å². The van der Waals surface area contributed by atoms with Crippen molar-refractivity contribution in [3.8, 4) is 0 Å². The molecule has 1 aliphatic heterocycles. The second kappa shape index (κ2) is 5.90. The largest absolute Gasteiger partial charge is 0.337 e. The van der Waals surface area contributed by atoms with Crippen molar-refractivity contribution in [3.63, 3.8) is 0 Å². The summed E-state index contributed by atoms with van der Waals surface area (Å²) in [5, 5.41) is 8.60. The highest BCUT2D eigenvalue weighted by molar-refractivity contribution is 7.13. The van der Waals surface area contributed by atoms with Gasteiger partial charge in [0.1, 0.15) is 0 Å². The van der Waals surface area contributed by atoms with Crippen LogP contribution in [0.5, 0.6) is 0 Å². The standard InChI is InChI=1S/C17H19N5OS/c1-12-4-3-5-15-18-19-17(22(12)15)21-10-8-20(9-11-21)16(23)14-7-6-13(2)24-14/h3-7H,8-11H2,1-2H3. The number of piperazine rings is 1. The third-order valence-corrected chi connectivity index (χ3v) is 5.40. The zero-order chi connectivity index (χ0) is 16.7. The summed E-state index contributed by atoms with van der Waals surface area (Å²) in [6, 6.07) is 9.92. The van der Waals surface area contributed by atoms with Crippen LogP contribution in [0.4, 0.5) is 5.95 Å². The lowest BCUT2D eigenvalue weighted by Crippen LogP contribution is -2.49. The molecule has 124 valence electrons. The van der Waals surface area contributed by atoms with Gasteiger partial charge in [-0.1, -0.05) is 6.07 Å². The topological polar surface area (TPSA) is 53.7 Å². The summed E-state index contributed by atoms with van der Waals surface area (Å²) in [6.07, 6.45) is 0. The van der Waals surface area contributed by atoms with Gasteiger partial charge in [-0.3, -0.25) is 9.20 Å². The number of rotatable bonds is 2. The Morgan fingerprint density at radius 1 is 1.04 bits per heavy atom. The van der Waals surface area contributed by atoms with Crippen LogP contribution in [0.15, 0.2) is 30.3 Å². The molecular formula is C17H19N5OS. The van der Waals surface area contributed by atoms with Gasteiger partial charge < -0.3 is 9.80 Å². The van der Waals surface area contributed by atoms with Crippen molar-refractivity contribution < 1.29 is 4.79 Å². The first-order chi connectivity index (χ1) is 11.6. The van der Waals surface area contributed by atoms with Gasteiger partial charge in [0.2, 0.25) is 5.95 Å². The van der Waals surface area contributed by atoms with Crippen molar-refractivity contribution in [1.82, 2.24) is 19.5 Å². The summed E-state index contributed by atoms with van der Waals surface area (Å²) >= 11 is 1.56. The molecule has 0 aliphatic carbocycles. The third kappa shape index (κ3) is 2.54. The number of carbonyl (C=O) groups is 1. The summed E-state index contributed by atoms with van der Waals surface area (Å²) in [5.74, 6) is 0.997. The van der Waals surface area contributed by atoms with Crippen LogP contribution < -0.4 is 4.90 Å². The monoisotopic (exact) mass is 341 g/mol. The van der Waals surface area contributed by atoms with Gasteiger partial charge in [0.05, 0.1) is 4.88 Å². The number of aromatic nitrogens is 3. The predicted octanol–water partition coefficient (Wildman–Crippen LogP) is 2.37. The molecule has 0 unspecified atom stereocenters. The quantitative estimate of drug-likeness (QED) is 0.718. The molecule has 3 aromatic heterocycles. The highest BCUT2D eigenvalue weighted by Gasteiger charge is 2.25. The normalized spacial score (nSPS) is 15.2. The fourth-order valence-electron chi connectivity index (χ4n) is 3.10. The number of hydrogen-bond donors (Lipinski definition) is 0. The Morgan fingerprint density at radius 3 is 2.54 bits per heavy atom. The Morgan fingerprint density at radius 2 is 1.83 bits per heavy atom. The molecule has 0 saturated carbocycles. The molecule has 7 heteroatoms. The van der Waals surface area contributed by atoms with Gasteiger partial charge in [-0.05, 0) is 38.1 Å². The number of nitrogens with zero attached hydrogens (tertiary/aromatic N) is 5. The number of fused-ring (bicyclic) bond motifs is 1. The molecule has 0 atom stereocenters. The molecule has 6 nitrogen and oxygen atoms in total. The SMILES string of the molecule is Cc1ccc(C(=O)N2CCN(c3nnc4cccc(C)n34)CC2)s1. The minimum absolute atomic E-state index is 0.134. The maximum Gasteiger partial charge on any atom is 0.264 e. The van der Waals surface area contributed by atoms with Crippen LogP contribution in [0.1, 0.15) is 20.2 Å². The maximum atomic E-state index is 12.6. The van der Waals surface area contributed by atoms with Gasteiger partial charge in [-0.2, -0.15) is 0 Å². The molecule has 0 aromatic carbocycles. The molecule has 1 aliphatic rings. The minimum Gasteiger partial charge on any atom is -0.337 e. The Balaban J connectivity index is 1.50. The number of carbonyl (C=O) groups excluding carboxylic acids is 1. The van der Waals surface area contributed by atoms with Crippen molar-refractivity contribution in [2.24, 2.45) is 0 Å². The van der Waals surface area contributed by atoms with E-state index in [1.165, 1.54) is 4.88 Å². The van der Waals surface area contributed by atoms with Crippen molar-refractivity contribution in [2.75, 3.05) is 31.1 Å². The van der Waals surface area contributed by atoms with Crippen LogP contribution in [0, 0.1) is 13.8 Å². The van der Waals surface area contributed by atoms with Crippen LogP contribution in [-0.4, -0.2) is 51.6 Å². The average Bonchev–Trinajstić information content (AvgIpc) is 3.21. The fraction of sp³-hybridized carbons (Fsp3) is 0.353. The van der Waals surface area contributed by atoms with Crippen molar-refractivity contribution in [3.05, 3.63) is 45.8 Å². The van der Waals surface area contributed by atoms with Crippen LogP contribution in [-0.2, 0) is 0 Å². The zero-order valence-electron chi connectivity index (χ0n) is 13.8. The highest BCUT2D eigenvalue weighted by Crippen LogP contribution is 2.21. The lowest BCUT2D eigenvalue weighted by atomic mass is 10.3. The van der Waals surface area contributed by atoms with E-state index in [9.17, 15) is 4.79 Å². The highest BCUT2D eigenvalue weighted by atomic mass is 32.1. The van der Waals surface area contributed by atoms with E-state index in [0.29, 0.717) is 13.1 Å². The number of anilines is 1. The first kappa shape index (κ1) is 15.1. The summed E-state index contributed by atoms with van der Waals surface area (Å²) in [6.45, 7) is 7.03. The molecular weight excluding hydrogens is 322 g/mol. The third-order valence-electron chi connectivity index (χ3n) is 4.41. The summed E-state index contributed by atoms with van der Waals surface area (Å²) in [4.78, 5) is 18.7. The number of thiophene rings is 1. The molecule has 0 radical (unpaired) electrons. The average molecular weight is 341 g/mol. The molecule has 24 heavy (non-hydrogen) atoms. The Kier molecular flexibility index (Phi) is 3.72. The van der Waals surface area contributed by atoms with E-state index in [4.69, 9.17) is 0 Å². The molecule has 4 rings (SSSR count). The lowest BCUT2D eigenvalue weighted by molar-refractivity contribution is 0.0751.